The molecule has 268 valence electrons. The van der Waals surface area contributed by atoms with E-state index in [0.29, 0.717) is 17.5 Å². The summed E-state index contributed by atoms with van der Waals surface area (Å²) in [4.78, 5) is 20.3. The number of benzene rings is 9. The minimum atomic E-state index is 0.607. The lowest BCUT2D eigenvalue weighted by Crippen LogP contribution is -2.01. The van der Waals surface area contributed by atoms with Crippen LogP contribution < -0.4 is 0 Å². The summed E-state index contributed by atoms with van der Waals surface area (Å²) in [6, 6.07) is 65.0. The molecule has 0 unspecified atom stereocenters. The minimum absolute atomic E-state index is 0.607. The largest absolute Gasteiger partial charge is 0.264 e. The number of nitrogens with zero attached hydrogens (tertiary/aromatic N) is 4. The van der Waals surface area contributed by atoms with Crippen LogP contribution in [-0.4, -0.2) is 19.9 Å². The zero-order chi connectivity index (χ0) is 38.2. The Morgan fingerprint density at radius 3 is 1.41 bits per heavy atom. The van der Waals surface area contributed by atoms with Crippen LogP contribution in [0.4, 0.5) is 0 Å². The average Bonchev–Trinajstić information content (AvgIpc) is 3.30. The monoisotopic (exact) mass is 736 g/mol. The Balaban J connectivity index is 1.17. The molecular weight excluding hydrogens is 705 g/mol. The minimum Gasteiger partial charge on any atom is -0.264 e. The normalized spacial score (nSPS) is 11.8. The van der Waals surface area contributed by atoms with Crippen molar-refractivity contribution in [3.63, 3.8) is 0 Å². The van der Waals surface area contributed by atoms with Crippen molar-refractivity contribution < 1.29 is 0 Å². The molecule has 0 N–H and O–H groups in total. The predicted octanol–water partition coefficient (Wildman–Crippen LogP) is 14.0. The van der Waals surface area contributed by atoms with E-state index in [4.69, 9.17) is 15.0 Å². The van der Waals surface area contributed by atoms with Crippen LogP contribution in [0.3, 0.4) is 0 Å². The maximum absolute atomic E-state index is 5.33. The summed E-state index contributed by atoms with van der Waals surface area (Å²) in [6.07, 6.45) is 3.69. The van der Waals surface area contributed by atoms with E-state index in [9.17, 15) is 0 Å². The molecule has 0 atom stereocenters. The first-order valence-electron chi connectivity index (χ1n) is 19.6. The maximum Gasteiger partial charge on any atom is 0.164 e. The van der Waals surface area contributed by atoms with E-state index >= 15 is 0 Å². The fourth-order valence-corrected chi connectivity index (χ4v) is 9.06. The zero-order valence-electron chi connectivity index (χ0n) is 31.3. The number of fused-ring (bicyclic) bond motifs is 2. The Hall–Kier alpha value is -7.82. The average molecular weight is 737 g/mol. The first-order chi connectivity index (χ1) is 28.7. The summed E-state index contributed by atoms with van der Waals surface area (Å²) in [5, 5.41) is 14.8. The molecule has 2 aromatic heterocycles. The van der Waals surface area contributed by atoms with Gasteiger partial charge in [-0.2, -0.15) is 0 Å². The summed E-state index contributed by atoms with van der Waals surface area (Å²) < 4.78 is 0. The summed E-state index contributed by atoms with van der Waals surface area (Å²) in [5.74, 6) is 1.84. The predicted molar refractivity (Wildman–Crippen MR) is 241 cm³/mol. The van der Waals surface area contributed by atoms with Crippen LogP contribution in [0, 0.1) is 0 Å². The summed E-state index contributed by atoms with van der Waals surface area (Å²) in [5.41, 5.74) is 7.08. The van der Waals surface area contributed by atoms with Crippen molar-refractivity contribution in [1.29, 1.82) is 0 Å². The van der Waals surface area contributed by atoms with E-state index in [1.807, 2.05) is 24.4 Å². The van der Waals surface area contributed by atoms with Crippen LogP contribution in [0.25, 0.3) is 121 Å². The summed E-state index contributed by atoms with van der Waals surface area (Å²) >= 11 is 0. The Morgan fingerprint density at radius 1 is 0.276 bits per heavy atom. The van der Waals surface area contributed by atoms with Gasteiger partial charge in [-0.25, -0.2) is 15.0 Å². The van der Waals surface area contributed by atoms with E-state index in [-0.39, 0.29) is 0 Å². The Labute approximate surface area is 334 Å². The molecule has 0 saturated heterocycles. The van der Waals surface area contributed by atoms with Crippen LogP contribution in [-0.2, 0) is 0 Å². The van der Waals surface area contributed by atoms with Gasteiger partial charge in [-0.05, 0) is 99.5 Å². The Bertz CT molecular complexity index is 3540. The Kier molecular flexibility index (Phi) is 7.20. The molecule has 0 radical (unpaired) electrons. The number of hydrogen-bond donors (Lipinski definition) is 0. The molecule has 10 aromatic carbocycles. The third-order valence-corrected chi connectivity index (χ3v) is 11.7. The second kappa shape index (κ2) is 12.9. The third-order valence-electron chi connectivity index (χ3n) is 11.7. The van der Waals surface area contributed by atoms with Gasteiger partial charge in [0, 0.05) is 34.6 Å². The molecule has 0 aliphatic heterocycles. The highest BCUT2D eigenvalue weighted by Gasteiger charge is 2.20. The van der Waals surface area contributed by atoms with Crippen molar-refractivity contribution in [3.05, 3.63) is 194 Å². The first-order valence-corrected chi connectivity index (χ1v) is 19.6. The molecule has 0 saturated carbocycles. The van der Waals surface area contributed by atoms with Gasteiger partial charge in [-0.3, -0.25) is 4.98 Å². The summed E-state index contributed by atoms with van der Waals surface area (Å²) in [6.45, 7) is 0. The highest BCUT2D eigenvalue weighted by molar-refractivity contribution is 6.37. The molecule has 0 spiro atoms. The second-order valence-corrected chi connectivity index (χ2v) is 15.0. The van der Waals surface area contributed by atoms with Crippen LogP contribution in [0.2, 0.25) is 0 Å². The SMILES string of the molecule is c1ccc(-c2ccc(-c3nc(-c4cc5ccc6cccc7c8cccc9ccc%10cccc(c(c4)c5c67)c%10c98)nc(-c4ccccc4-c4cccnc4)n3)cc2)cc1. The van der Waals surface area contributed by atoms with E-state index in [1.54, 1.807) is 6.20 Å². The lowest BCUT2D eigenvalue weighted by atomic mass is 9.87. The third kappa shape index (κ3) is 5.09. The molecule has 0 fully saturated rings. The molecule has 0 bridgehead atoms. The van der Waals surface area contributed by atoms with Gasteiger partial charge in [-0.15, -0.1) is 0 Å². The van der Waals surface area contributed by atoms with Crippen molar-refractivity contribution in [2.75, 3.05) is 0 Å². The molecule has 12 aromatic rings. The molecule has 0 aliphatic carbocycles. The fraction of sp³-hybridized carbons (Fsp3) is 0. The van der Waals surface area contributed by atoms with Gasteiger partial charge in [-0.1, -0.05) is 164 Å². The number of hydrogen-bond acceptors (Lipinski definition) is 4. The molecule has 12 rings (SSSR count). The van der Waals surface area contributed by atoms with Crippen molar-refractivity contribution >= 4 is 64.6 Å². The van der Waals surface area contributed by atoms with Gasteiger partial charge in [0.15, 0.2) is 17.5 Å². The first kappa shape index (κ1) is 32.4. The van der Waals surface area contributed by atoms with E-state index < -0.39 is 0 Å². The van der Waals surface area contributed by atoms with E-state index in [1.165, 1.54) is 59.2 Å². The molecule has 4 nitrogen and oxygen atoms in total. The van der Waals surface area contributed by atoms with Crippen LogP contribution in [0.1, 0.15) is 0 Å². The lowest BCUT2D eigenvalue weighted by Gasteiger charge is -2.17. The number of rotatable bonds is 5. The smallest absolute Gasteiger partial charge is 0.164 e. The molecule has 0 amide bonds. The standard InChI is InChI=1S/C54H32N4/c1-2-10-33(11-3-1)34-21-26-38(27-22-34)52-56-53(58-54(57-52)46-17-5-4-16-42(46)40-15-9-29-55-32-40)41-30-39-28-25-37-13-7-19-44-43-18-6-12-35-23-24-36-14-8-20-45(50(36)48(35)43)47(31-41)51(39)49(37)44/h1-32H. The fourth-order valence-electron chi connectivity index (χ4n) is 9.06. The van der Waals surface area contributed by atoms with Crippen molar-refractivity contribution in [2.24, 2.45) is 0 Å². The number of aromatic nitrogens is 4. The maximum atomic E-state index is 5.33. The summed E-state index contributed by atoms with van der Waals surface area (Å²) in [7, 11) is 0. The molecule has 2 heterocycles. The van der Waals surface area contributed by atoms with E-state index in [0.717, 1.165) is 44.3 Å². The number of pyridine rings is 1. The second-order valence-electron chi connectivity index (χ2n) is 15.0. The molecule has 0 aliphatic rings. The van der Waals surface area contributed by atoms with Crippen LogP contribution in [0.5, 0.6) is 0 Å². The van der Waals surface area contributed by atoms with Crippen LogP contribution in [0.15, 0.2) is 194 Å². The molecule has 4 heteroatoms. The highest BCUT2D eigenvalue weighted by Crippen LogP contribution is 2.44. The van der Waals surface area contributed by atoms with Gasteiger partial charge >= 0.3 is 0 Å². The molecular formula is C54H32N4. The van der Waals surface area contributed by atoms with Gasteiger partial charge in [0.1, 0.15) is 0 Å². The highest BCUT2D eigenvalue weighted by atomic mass is 15.0. The molecule has 58 heavy (non-hydrogen) atoms. The van der Waals surface area contributed by atoms with Crippen molar-refractivity contribution in [1.82, 2.24) is 19.9 Å². The Morgan fingerprint density at radius 2 is 0.776 bits per heavy atom. The van der Waals surface area contributed by atoms with Gasteiger partial charge in [0.05, 0.1) is 0 Å². The van der Waals surface area contributed by atoms with Gasteiger partial charge < -0.3 is 0 Å². The van der Waals surface area contributed by atoms with Gasteiger partial charge in [0.2, 0.25) is 0 Å². The van der Waals surface area contributed by atoms with Crippen molar-refractivity contribution in [2.45, 2.75) is 0 Å². The zero-order valence-corrected chi connectivity index (χ0v) is 31.3. The van der Waals surface area contributed by atoms with Crippen LogP contribution >= 0.6 is 0 Å². The lowest BCUT2D eigenvalue weighted by molar-refractivity contribution is 1.08. The quantitative estimate of drug-likeness (QED) is 0.165. The van der Waals surface area contributed by atoms with Gasteiger partial charge in [0.25, 0.3) is 0 Å². The van der Waals surface area contributed by atoms with Crippen molar-refractivity contribution in [3.8, 4) is 56.4 Å². The van der Waals surface area contributed by atoms with E-state index in [2.05, 4.69) is 169 Å². The topological polar surface area (TPSA) is 51.6 Å².